The van der Waals surface area contributed by atoms with Crippen LogP contribution in [0.15, 0.2) is 18.2 Å². The van der Waals surface area contributed by atoms with Gasteiger partial charge in [0.2, 0.25) is 0 Å². The SMILES string of the molecule is O=C(c1ccc(Cl)cc1F)N1CCC(Cl)CC1. The minimum absolute atomic E-state index is 0.0717. The van der Waals surface area contributed by atoms with E-state index in [0.717, 1.165) is 18.9 Å². The average molecular weight is 276 g/mol. The highest BCUT2D eigenvalue weighted by Crippen LogP contribution is 2.20. The van der Waals surface area contributed by atoms with Gasteiger partial charge in [0.05, 0.1) is 5.56 Å². The smallest absolute Gasteiger partial charge is 0.256 e. The second-order valence-corrected chi connectivity index (χ2v) is 5.14. The van der Waals surface area contributed by atoms with E-state index in [1.165, 1.54) is 12.1 Å². The Balaban J connectivity index is 2.14. The van der Waals surface area contributed by atoms with E-state index in [1.54, 1.807) is 4.90 Å². The van der Waals surface area contributed by atoms with E-state index in [-0.39, 0.29) is 16.8 Å². The van der Waals surface area contributed by atoms with Gasteiger partial charge in [-0.05, 0) is 31.0 Å². The van der Waals surface area contributed by atoms with Crippen molar-refractivity contribution in [2.24, 2.45) is 0 Å². The Morgan fingerprint density at radius 2 is 2.00 bits per heavy atom. The summed E-state index contributed by atoms with van der Waals surface area (Å²) < 4.78 is 13.6. The third-order valence-electron chi connectivity index (χ3n) is 2.87. The van der Waals surface area contributed by atoms with Crippen LogP contribution in [0.5, 0.6) is 0 Å². The number of hydrogen-bond donors (Lipinski definition) is 0. The second kappa shape index (κ2) is 5.23. The zero-order chi connectivity index (χ0) is 12.4. The number of nitrogens with zero attached hydrogens (tertiary/aromatic N) is 1. The molecule has 0 unspecified atom stereocenters. The molecule has 92 valence electrons. The maximum atomic E-state index is 13.6. The van der Waals surface area contributed by atoms with Crippen LogP contribution in [0.4, 0.5) is 4.39 Å². The van der Waals surface area contributed by atoms with Gasteiger partial charge in [-0.25, -0.2) is 4.39 Å². The number of piperidine rings is 1. The van der Waals surface area contributed by atoms with Gasteiger partial charge in [0.25, 0.3) is 5.91 Å². The van der Waals surface area contributed by atoms with Crippen molar-refractivity contribution in [2.75, 3.05) is 13.1 Å². The van der Waals surface area contributed by atoms with Gasteiger partial charge < -0.3 is 4.90 Å². The summed E-state index contributed by atoms with van der Waals surface area (Å²) in [6.45, 7) is 1.16. The summed E-state index contributed by atoms with van der Waals surface area (Å²) in [4.78, 5) is 13.7. The van der Waals surface area contributed by atoms with Crippen LogP contribution in [0, 0.1) is 5.82 Å². The summed E-state index contributed by atoms with van der Waals surface area (Å²) in [5.41, 5.74) is 0.0717. The minimum atomic E-state index is -0.574. The zero-order valence-electron chi connectivity index (χ0n) is 9.13. The number of halogens is 3. The lowest BCUT2D eigenvalue weighted by Gasteiger charge is -2.29. The van der Waals surface area contributed by atoms with Crippen molar-refractivity contribution in [1.29, 1.82) is 0 Å². The summed E-state index contributed by atoms with van der Waals surface area (Å²) in [6, 6.07) is 4.10. The Kier molecular flexibility index (Phi) is 3.89. The van der Waals surface area contributed by atoms with E-state index in [9.17, 15) is 9.18 Å². The predicted molar refractivity (Wildman–Crippen MR) is 66.2 cm³/mol. The van der Waals surface area contributed by atoms with E-state index in [0.29, 0.717) is 18.1 Å². The first kappa shape index (κ1) is 12.7. The van der Waals surface area contributed by atoms with Crippen LogP contribution >= 0.6 is 23.2 Å². The summed E-state index contributed by atoms with van der Waals surface area (Å²) in [5, 5.41) is 0.410. The molecule has 0 saturated carbocycles. The van der Waals surface area contributed by atoms with Crippen molar-refractivity contribution in [1.82, 2.24) is 4.90 Å². The number of rotatable bonds is 1. The van der Waals surface area contributed by atoms with Gasteiger partial charge in [0.1, 0.15) is 5.82 Å². The molecule has 0 N–H and O–H groups in total. The fourth-order valence-corrected chi connectivity index (χ4v) is 2.24. The Morgan fingerprint density at radius 1 is 1.35 bits per heavy atom. The molecular weight excluding hydrogens is 264 g/mol. The molecule has 1 aromatic carbocycles. The predicted octanol–water partition coefficient (Wildman–Crippen LogP) is 3.32. The Labute approximate surface area is 109 Å². The molecule has 1 fully saturated rings. The lowest BCUT2D eigenvalue weighted by molar-refractivity contribution is 0.0722. The first-order valence-electron chi connectivity index (χ1n) is 5.46. The highest BCUT2D eigenvalue weighted by atomic mass is 35.5. The van der Waals surface area contributed by atoms with Crippen LogP contribution in [0.25, 0.3) is 0 Å². The highest BCUT2D eigenvalue weighted by molar-refractivity contribution is 6.30. The molecule has 1 amide bonds. The molecule has 0 spiro atoms. The molecule has 1 aliphatic rings. The Morgan fingerprint density at radius 3 is 2.59 bits per heavy atom. The lowest BCUT2D eigenvalue weighted by atomic mass is 10.1. The van der Waals surface area contributed by atoms with Crippen molar-refractivity contribution >= 4 is 29.1 Å². The Bertz CT molecular complexity index is 431. The molecule has 17 heavy (non-hydrogen) atoms. The summed E-state index contributed by atoms with van der Waals surface area (Å²) in [6.07, 6.45) is 1.50. The monoisotopic (exact) mass is 275 g/mol. The fourth-order valence-electron chi connectivity index (χ4n) is 1.88. The first-order valence-corrected chi connectivity index (χ1v) is 6.28. The minimum Gasteiger partial charge on any atom is -0.338 e. The Hall–Kier alpha value is -0.800. The molecule has 0 atom stereocenters. The van der Waals surface area contributed by atoms with Crippen molar-refractivity contribution in [3.63, 3.8) is 0 Å². The van der Waals surface area contributed by atoms with Crippen molar-refractivity contribution in [3.05, 3.63) is 34.6 Å². The molecule has 0 bridgehead atoms. The standard InChI is InChI=1S/C12H12Cl2FNO/c13-8-3-5-16(6-4-8)12(17)10-2-1-9(14)7-11(10)15/h1-2,7-8H,3-6H2. The molecule has 5 heteroatoms. The first-order chi connectivity index (χ1) is 8.08. The lowest BCUT2D eigenvalue weighted by Crippen LogP contribution is -2.39. The van der Waals surface area contributed by atoms with E-state index >= 15 is 0 Å². The fraction of sp³-hybridized carbons (Fsp3) is 0.417. The molecular formula is C12H12Cl2FNO. The van der Waals surface area contributed by atoms with Crippen LogP contribution in [0.1, 0.15) is 23.2 Å². The molecule has 2 nitrogen and oxygen atoms in total. The molecule has 0 aliphatic carbocycles. The zero-order valence-corrected chi connectivity index (χ0v) is 10.6. The molecule has 2 rings (SSSR count). The van der Waals surface area contributed by atoms with Crippen LogP contribution < -0.4 is 0 Å². The second-order valence-electron chi connectivity index (χ2n) is 4.09. The summed E-state index contributed by atoms with van der Waals surface area (Å²) >= 11 is 11.6. The van der Waals surface area contributed by atoms with Gasteiger partial charge >= 0.3 is 0 Å². The number of amides is 1. The number of alkyl halides is 1. The molecule has 0 radical (unpaired) electrons. The van der Waals surface area contributed by atoms with Gasteiger partial charge in [-0.2, -0.15) is 0 Å². The van der Waals surface area contributed by atoms with Crippen LogP contribution in [0.3, 0.4) is 0 Å². The average Bonchev–Trinajstić information content (AvgIpc) is 2.29. The van der Waals surface area contributed by atoms with Crippen LogP contribution in [0.2, 0.25) is 5.02 Å². The normalized spacial score (nSPS) is 17.2. The molecule has 1 aliphatic heterocycles. The maximum absolute atomic E-state index is 13.6. The van der Waals surface area contributed by atoms with Crippen molar-refractivity contribution in [2.45, 2.75) is 18.2 Å². The third kappa shape index (κ3) is 2.90. The van der Waals surface area contributed by atoms with Crippen molar-refractivity contribution in [3.8, 4) is 0 Å². The molecule has 0 aromatic heterocycles. The van der Waals surface area contributed by atoms with Crippen LogP contribution in [-0.2, 0) is 0 Å². The molecule has 1 aromatic rings. The van der Waals surface area contributed by atoms with E-state index in [1.807, 2.05) is 0 Å². The molecule has 1 heterocycles. The van der Waals surface area contributed by atoms with E-state index in [2.05, 4.69) is 0 Å². The van der Waals surface area contributed by atoms with E-state index in [4.69, 9.17) is 23.2 Å². The number of benzene rings is 1. The van der Waals surface area contributed by atoms with E-state index < -0.39 is 5.82 Å². The summed E-state index contributed by atoms with van der Waals surface area (Å²) in [7, 11) is 0. The third-order valence-corrected chi connectivity index (χ3v) is 3.54. The van der Waals surface area contributed by atoms with Gasteiger partial charge in [-0.15, -0.1) is 11.6 Å². The number of carbonyl (C=O) groups is 1. The van der Waals surface area contributed by atoms with Gasteiger partial charge in [-0.1, -0.05) is 11.6 Å². The topological polar surface area (TPSA) is 20.3 Å². The van der Waals surface area contributed by atoms with Gasteiger partial charge in [0.15, 0.2) is 0 Å². The summed E-state index contributed by atoms with van der Waals surface area (Å²) in [5.74, 6) is -0.863. The quantitative estimate of drug-likeness (QED) is 0.720. The highest BCUT2D eigenvalue weighted by Gasteiger charge is 2.24. The molecule has 1 saturated heterocycles. The van der Waals surface area contributed by atoms with Crippen LogP contribution in [-0.4, -0.2) is 29.3 Å². The number of hydrogen-bond acceptors (Lipinski definition) is 1. The van der Waals surface area contributed by atoms with Crippen molar-refractivity contribution < 1.29 is 9.18 Å². The largest absolute Gasteiger partial charge is 0.338 e. The van der Waals surface area contributed by atoms with Gasteiger partial charge in [0, 0.05) is 23.5 Å². The number of carbonyl (C=O) groups excluding carboxylic acids is 1. The number of likely N-dealkylation sites (tertiary alicyclic amines) is 1. The maximum Gasteiger partial charge on any atom is 0.256 e. The van der Waals surface area contributed by atoms with Gasteiger partial charge in [-0.3, -0.25) is 4.79 Å².